The van der Waals surface area contributed by atoms with Gasteiger partial charge in [0.2, 0.25) is 5.91 Å². The Bertz CT molecular complexity index is 377. The first kappa shape index (κ1) is 21.0. The molecule has 0 spiro atoms. The lowest BCUT2D eigenvalue weighted by Gasteiger charge is -2.21. The van der Waals surface area contributed by atoms with Crippen molar-refractivity contribution in [2.24, 2.45) is 11.7 Å². The fraction of sp³-hybridized carbons (Fsp3) is 0.917. The molecule has 19 heavy (non-hydrogen) atoms. The van der Waals surface area contributed by atoms with Gasteiger partial charge in [-0.3, -0.25) is 4.79 Å². The molecule has 0 aromatic carbocycles. The summed E-state index contributed by atoms with van der Waals surface area (Å²) >= 11 is 0. The van der Waals surface area contributed by atoms with E-state index in [1.165, 1.54) is 0 Å². The lowest BCUT2D eigenvalue weighted by atomic mass is 9.99. The van der Waals surface area contributed by atoms with Gasteiger partial charge in [0.15, 0.2) is 9.84 Å². The Hall–Kier alpha value is -0.330. The van der Waals surface area contributed by atoms with Crippen molar-refractivity contribution in [1.82, 2.24) is 5.32 Å². The highest BCUT2D eigenvalue weighted by Gasteiger charge is 2.28. The molecule has 0 saturated heterocycles. The Labute approximate surface area is 123 Å². The van der Waals surface area contributed by atoms with E-state index in [0.717, 1.165) is 6.42 Å². The Morgan fingerprint density at radius 1 is 1.32 bits per heavy atom. The number of rotatable bonds is 6. The number of halogens is 1. The highest BCUT2D eigenvalue weighted by Crippen LogP contribution is 2.15. The van der Waals surface area contributed by atoms with Gasteiger partial charge in [-0.25, -0.2) is 8.42 Å². The minimum atomic E-state index is -3.20. The maximum absolute atomic E-state index is 11.8. The third-order valence-corrected chi connectivity index (χ3v) is 5.77. The topological polar surface area (TPSA) is 89.3 Å². The van der Waals surface area contributed by atoms with Gasteiger partial charge >= 0.3 is 0 Å². The number of carbonyl (C=O) groups is 1. The predicted octanol–water partition coefficient (Wildman–Crippen LogP) is 1.11. The van der Waals surface area contributed by atoms with E-state index in [1.54, 1.807) is 20.8 Å². The third kappa shape index (κ3) is 6.58. The first-order valence-corrected chi connectivity index (χ1v) is 7.93. The van der Waals surface area contributed by atoms with Gasteiger partial charge < -0.3 is 11.1 Å². The number of hydrogen-bond acceptors (Lipinski definition) is 4. The minimum Gasteiger partial charge on any atom is -0.354 e. The predicted molar refractivity (Wildman–Crippen MR) is 81.2 cm³/mol. The van der Waals surface area contributed by atoms with Gasteiger partial charge in [-0.05, 0) is 26.7 Å². The molecule has 116 valence electrons. The summed E-state index contributed by atoms with van der Waals surface area (Å²) in [7, 11) is -3.20. The molecule has 0 radical (unpaired) electrons. The molecule has 7 heteroatoms. The van der Waals surface area contributed by atoms with Crippen LogP contribution in [0.4, 0.5) is 0 Å². The number of nitrogens with one attached hydrogen (secondary N) is 1. The van der Waals surface area contributed by atoms with Crippen LogP contribution in [0.15, 0.2) is 0 Å². The summed E-state index contributed by atoms with van der Waals surface area (Å²) in [6, 6.07) is -0.577. The van der Waals surface area contributed by atoms with Gasteiger partial charge in [0.25, 0.3) is 0 Å². The van der Waals surface area contributed by atoms with Gasteiger partial charge in [0.1, 0.15) is 0 Å². The van der Waals surface area contributed by atoms with E-state index in [4.69, 9.17) is 5.73 Å². The van der Waals surface area contributed by atoms with Gasteiger partial charge in [-0.1, -0.05) is 20.3 Å². The lowest BCUT2D eigenvalue weighted by Crippen LogP contribution is -2.46. The number of carbonyl (C=O) groups excluding carboxylic acids is 1. The quantitative estimate of drug-likeness (QED) is 0.768. The molecule has 0 bridgehead atoms. The van der Waals surface area contributed by atoms with Crippen LogP contribution in [-0.4, -0.2) is 37.4 Å². The lowest BCUT2D eigenvalue weighted by molar-refractivity contribution is -0.123. The molecule has 0 rings (SSSR count). The van der Waals surface area contributed by atoms with Crippen molar-refractivity contribution in [2.75, 3.05) is 12.3 Å². The molecule has 0 aromatic heterocycles. The highest BCUT2D eigenvalue weighted by atomic mass is 35.5. The van der Waals surface area contributed by atoms with E-state index in [0.29, 0.717) is 0 Å². The molecule has 5 nitrogen and oxygen atoms in total. The average Bonchev–Trinajstić information content (AvgIpc) is 2.24. The Morgan fingerprint density at radius 2 is 1.79 bits per heavy atom. The second-order valence-electron chi connectivity index (χ2n) is 5.63. The second-order valence-corrected chi connectivity index (χ2v) is 8.50. The summed E-state index contributed by atoms with van der Waals surface area (Å²) in [4.78, 5) is 11.6. The summed E-state index contributed by atoms with van der Waals surface area (Å²) in [6.07, 6.45) is 0.814. The van der Waals surface area contributed by atoms with E-state index in [-0.39, 0.29) is 36.5 Å². The van der Waals surface area contributed by atoms with Crippen molar-refractivity contribution < 1.29 is 13.2 Å². The van der Waals surface area contributed by atoms with Crippen LogP contribution in [0, 0.1) is 5.92 Å². The van der Waals surface area contributed by atoms with Crippen molar-refractivity contribution in [3.8, 4) is 0 Å². The van der Waals surface area contributed by atoms with E-state index in [9.17, 15) is 13.2 Å². The van der Waals surface area contributed by atoms with E-state index < -0.39 is 20.6 Å². The maximum Gasteiger partial charge on any atom is 0.237 e. The van der Waals surface area contributed by atoms with Crippen LogP contribution in [0.25, 0.3) is 0 Å². The molecule has 2 unspecified atom stereocenters. The van der Waals surface area contributed by atoms with Gasteiger partial charge in [-0.15, -0.1) is 12.4 Å². The zero-order valence-corrected chi connectivity index (χ0v) is 14.0. The number of hydrogen-bond donors (Lipinski definition) is 2. The summed E-state index contributed by atoms with van der Waals surface area (Å²) < 4.78 is 22.8. The summed E-state index contributed by atoms with van der Waals surface area (Å²) in [5, 5.41) is 2.58. The van der Waals surface area contributed by atoms with Crippen LogP contribution >= 0.6 is 12.4 Å². The van der Waals surface area contributed by atoms with Crippen LogP contribution < -0.4 is 11.1 Å². The Kier molecular flexibility index (Phi) is 8.91. The normalized spacial score (nSPS) is 15.3. The molecule has 0 heterocycles. The largest absolute Gasteiger partial charge is 0.354 e. The third-order valence-electron chi connectivity index (χ3n) is 3.16. The van der Waals surface area contributed by atoms with E-state index in [1.807, 2.05) is 13.8 Å². The minimum absolute atomic E-state index is 0. The molecule has 0 fully saturated rings. The van der Waals surface area contributed by atoms with Crippen molar-refractivity contribution in [1.29, 1.82) is 0 Å². The summed E-state index contributed by atoms with van der Waals surface area (Å²) in [5.41, 5.74) is 5.75. The van der Waals surface area contributed by atoms with Crippen LogP contribution in [0.2, 0.25) is 0 Å². The maximum atomic E-state index is 11.8. The SMILES string of the molecule is CCC(C)C(N)C(=O)NCCS(=O)(=O)C(C)(C)C.Cl. The van der Waals surface area contributed by atoms with Crippen molar-refractivity contribution in [2.45, 2.75) is 51.8 Å². The van der Waals surface area contributed by atoms with Crippen molar-refractivity contribution in [3.05, 3.63) is 0 Å². The highest BCUT2D eigenvalue weighted by molar-refractivity contribution is 7.92. The Morgan fingerprint density at radius 3 is 2.16 bits per heavy atom. The first-order valence-electron chi connectivity index (χ1n) is 6.28. The molecule has 0 aliphatic rings. The number of sulfone groups is 1. The fourth-order valence-electron chi connectivity index (χ4n) is 1.24. The summed E-state index contributed by atoms with van der Waals surface area (Å²) in [6.45, 7) is 8.92. The molecular weight excluding hydrogens is 288 g/mol. The second kappa shape index (κ2) is 8.07. The smallest absolute Gasteiger partial charge is 0.237 e. The molecule has 0 aliphatic carbocycles. The monoisotopic (exact) mass is 314 g/mol. The average molecular weight is 315 g/mol. The van der Waals surface area contributed by atoms with Crippen molar-refractivity contribution >= 4 is 28.2 Å². The van der Waals surface area contributed by atoms with E-state index >= 15 is 0 Å². The zero-order chi connectivity index (χ0) is 14.6. The van der Waals surface area contributed by atoms with Gasteiger partial charge in [0, 0.05) is 6.54 Å². The van der Waals surface area contributed by atoms with E-state index in [2.05, 4.69) is 5.32 Å². The fourth-order valence-corrected chi connectivity index (χ4v) is 2.23. The van der Waals surface area contributed by atoms with Crippen LogP contribution in [0.1, 0.15) is 41.0 Å². The number of nitrogens with two attached hydrogens (primary N) is 1. The standard InChI is InChI=1S/C12H26N2O3S.ClH/c1-6-9(2)10(13)11(15)14-7-8-18(16,17)12(3,4)5;/h9-10H,6-8,13H2,1-5H3,(H,14,15);1H. The first-order chi connectivity index (χ1) is 8.03. The summed E-state index contributed by atoms with van der Waals surface area (Å²) in [5.74, 6) is -0.257. The molecule has 1 amide bonds. The Balaban J connectivity index is 0. The van der Waals surface area contributed by atoms with Crippen LogP contribution in [-0.2, 0) is 14.6 Å². The van der Waals surface area contributed by atoms with Crippen molar-refractivity contribution in [3.63, 3.8) is 0 Å². The van der Waals surface area contributed by atoms with Gasteiger partial charge in [0.05, 0.1) is 16.5 Å². The molecule has 3 N–H and O–H groups in total. The molecule has 0 aromatic rings. The number of amides is 1. The molecule has 0 aliphatic heterocycles. The van der Waals surface area contributed by atoms with Gasteiger partial charge in [-0.2, -0.15) is 0 Å². The van der Waals surface area contributed by atoms with Crippen LogP contribution in [0.5, 0.6) is 0 Å². The van der Waals surface area contributed by atoms with Crippen LogP contribution in [0.3, 0.4) is 0 Å². The molecular formula is C12H27ClN2O3S. The zero-order valence-electron chi connectivity index (χ0n) is 12.4. The molecule has 0 saturated carbocycles. The molecule has 2 atom stereocenters.